The number of carbonyl (C=O) groups is 2. The third-order valence-electron chi connectivity index (χ3n) is 9.09. The van der Waals surface area contributed by atoms with Gasteiger partial charge in [-0.15, -0.1) is 0 Å². The maximum atomic E-state index is 11.6. The van der Waals surface area contributed by atoms with Gasteiger partial charge in [0.15, 0.2) is 12.6 Å². The summed E-state index contributed by atoms with van der Waals surface area (Å²) in [7, 11) is 0. The molecule has 3 fully saturated rings. The van der Waals surface area contributed by atoms with Crippen LogP contribution in [0.4, 0.5) is 0 Å². The molecule has 3 heterocycles. The Morgan fingerprint density at radius 2 is 1.28 bits per heavy atom. The van der Waals surface area contributed by atoms with Crippen LogP contribution in [0.5, 0.6) is 0 Å². The summed E-state index contributed by atoms with van der Waals surface area (Å²) in [6, 6.07) is 0. The highest BCUT2D eigenvalue weighted by Crippen LogP contribution is 2.31. The number of aliphatic hydroxyl groups is 6. The van der Waals surface area contributed by atoms with Gasteiger partial charge < -0.3 is 59.4 Å². The highest BCUT2D eigenvalue weighted by molar-refractivity contribution is 5.97. The van der Waals surface area contributed by atoms with Gasteiger partial charge >= 0.3 is 11.9 Å². The van der Waals surface area contributed by atoms with Gasteiger partial charge in [0, 0.05) is 5.57 Å². The summed E-state index contributed by atoms with van der Waals surface area (Å²) in [5, 5.41) is 69.5. The summed E-state index contributed by atoms with van der Waals surface area (Å²) < 4.78 is 27.4. The zero-order valence-electron chi connectivity index (χ0n) is 26.7. The molecule has 0 amide bonds. The van der Waals surface area contributed by atoms with Crippen LogP contribution < -0.4 is 0 Å². The minimum atomic E-state index is -1.55. The SMILES string of the molecule is C=C1C(=O)OC(CCCCCCCCCCCCCC(C)OC2OC(COC3OC(CO)C(O)C3O)C(O)C(O)C2O)C1C(=O)O. The van der Waals surface area contributed by atoms with Gasteiger partial charge in [-0.2, -0.15) is 0 Å². The van der Waals surface area contributed by atoms with Crippen molar-refractivity contribution in [2.24, 2.45) is 5.92 Å². The number of aliphatic carboxylic acids is 1. The van der Waals surface area contributed by atoms with Crippen LogP contribution in [0, 0.1) is 5.92 Å². The maximum absolute atomic E-state index is 11.6. The lowest BCUT2D eigenvalue weighted by Gasteiger charge is -2.41. The number of carboxylic acid groups (broad SMARTS) is 1. The number of cyclic esters (lactones) is 1. The van der Waals surface area contributed by atoms with E-state index in [1.807, 2.05) is 6.92 Å². The van der Waals surface area contributed by atoms with Gasteiger partial charge in [0.25, 0.3) is 0 Å². The molecule has 14 heteroatoms. The van der Waals surface area contributed by atoms with Crippen molar-refractivity contribution < 1.29 is 69.0 Å². The van der Waals surface area contributed by atoms with Crippen LogP contribution in [0.2, 0.25) is 0 Å². The number of hydrogen-bond acceptors (Lipinski definition) is 13. The average molecular weight is 663 g/mol. The molecule has 7 N–H and O–H groups in total. The van der Waals surface area contributed by atoms with Crippen molar-refractivity contribution in [3.05, 3.63) is 12.2 Å². The van der Waals surface area contributed by atoms with Gasteiger partial charge in [-0.1, -0.05) is 70.8 Å². The van der Waals surface area contributed by atoms with Crippen LogP contribution in [0.3, 0.4) is 0 Å². The summed E-state index contributed by atoms with van der Waals surface area (Å²) in [4.78, 5) is 23.0. The van der Waals surface area contributed by atoms with E-state index in [-0.39, 0.29) is 18.3 Å². The molecule has 0 aromatic heterocycles. The molecule has 3 rings (SSSR count). The molecule has 3 saturated heterocycles. The number of hydrogen-bond donors (Lipinski definition) is 7. The Labute approximate surface area is 270 Å². The smallest absolute Gasteiger partial charge is 0.334 e. The molecule has 46 heavy (non-hydrogen) atoms. The third kappa shape index (κ3) is 10.9. The van der Waals surface area contributed by atoms with E-state index in [1.165, 1.54) is 0 Å². The van der Waals surface area contributed by atoms with Gasteiger partial charge in [-0.3, -0.25) is 4.79 Å². The Bertz CT molecular complexity index is 948. The van der Waals surface area contributed by atoms with E-state index in [4.69, 9.17) is 23.7 Å². The number of ether oxygens (including phenoxy) is 5. The Balaban J connectivity index is 1.20. The van der Waals surface area contributed by atoms with Crippen molar-refractivity contribution in [3.63, 3.8) is 0 Å². The van der Waals surface area contributed by atoms with E-state index >= 15 is 0 Å². The van der Waals surface area contributed by atoms with Crippen LogP contribution in [0.15, 0.2) is 12.2 Å². The summed E-state index contributed by atoms with van der Waals surface area (Å²) in [6.07, 6.45) is 0.164. The van der Waals surface area contributed by atoms with E-state index in [0.717, 1.165) is 77.0 Å². The fourth-order valence-corrected chi connectivity index (χ4v) is 6.19. The fourth-order valence-electron chi connectivity index (χ4n) is 6.19. The number of esters is 1. The fraction of sp³-hybridized carbons (Fsp3) is 0.875. The topological polar surface area (TPSA) is 222 Å². The third-order valence-corrected chi connectivity index (χ3v) is 9.09. The molecule has 12 unspecified atom stereocenters. The first-order chi connectivity index (χ1) is 22.0. The van der Waals surface area contributed by atoms with E-state index in [0.29, 0.717) is 6.42 Å². The normalized spacial score (nSPS) is 35.4. The zero-order valence-corrected chi connectivity index (χ0v) is 26.7. The average Bonchev–Trinajstić information content (AvgIpc) is 3.47. The van der Waals surface area contributed by atoms with Crippen molar-refractivity contribution >= 4 is 11.9 Å². The van der Waals surface area contributed by atoms with Crippen molar-refractivity contribution in [1.29, 1.82) is 0 Å². The second-order valence-electron chi connectivity index (χ2n) is 12.8. The van der Waals surface area contributed by atoms with Gasteiger partial charge in [0.05, 0.1) is 19.3 Å². The van der Waals surface area contributed by atoms with Gasteiger partial charge in [-0.05, 0) is 26.2 Å². The van der Waals surface area contributed by atoms with Crippen LogP contribution in [0.25, 0.3) is 0 Å². The molecule has 14 nitrogen and oxygen atoms in total. The van der Waals surface area contributed by atoms with Crippen molar-refractivity contribution in [2.75, 3.05) is 13.2 Å². The molecule has 0 bridgehead atoms. The predicted octanol–water partition coefficient (Wildman–Crippen LogP) is 0.908. The van der Waals surface area contributed by atoms with E-state index in [2.05, 4.69) is 6.58 Å². The standard InChI is InChI=1S/C32H54O14/c1-18(43-32-28(38)26(36)25(35)22(46-32)17-42-31-27(37)24(34)21(16-33)45-31)14-12-10-8-6-4-3-5-7-9-11-13-15-20-23(29(39)40)19(2)30(41)44-20/h18,20-28,31-38H,2-17H2,1H3,(H,39,40). The minimum Gasteiger partial charge on any atom is -0.481 e. The van der Waals surface area contributed by atoms with Crippen molar-refractivity contribution in [1.82, 2.24) is 0 Å². The number of unbranched alkanes of at least 4 members (excludes halogenated alkanes) is 10. The molecule has 266 valence electrons. The first-order valence-electron chi connectivity index (χ1n) is 16.7. The predicted molar refractivity (Wildman–Crippen MR) is 161 cm³/mol. The molecule has 0 aliphatic carbocycles. The maximum Gasteiger partial charge on any atom is 0.334 e. The zero-order chi connectivity index (χ0) is 33.8. The number of rotatable bonds is 21. The van der Waals surface area contributed by atoms with Gasteiger partial charge in [0.2, 0.25) is 0 Å². The Morgan fingerprint density at radius 1 is 0.761 bits per heavy atom. The summed E-state index contributed by atoms with van der Waals surface area (Å²) in [5.74, 6) is -2.59. The van der Waals surface area contributed by atoms with E-state index in [1.54, 1.807) is 0 Å². The number of carbonyl (C=O) groups excluding carboxylic acids is 1. The molecular formula is C32H54O14. The largest absolute Gasteiger partial charge is 0.481 e. The quantitative estimate of drug-likeness (QED) is 0.0516. The highest BCUT2D eigenvalue weighted by Gasteiger charge is 2.47. The van der Waals surface area contributed by atoms with Crippen molar-refractivity contribution in [2.45, 2.75) is 158 Å². The second kappa shape index (κ2) is 19.3. The number of aliphatic hydroxyl groups excluding tert-OH is 6. The Hall–Kier alpha value is -1.72. The molecule has 3 aliphatic heterocycles. The minimum absolute atomic E-state index is 0.0357. The second-order valence-corrected chi connectivity index (χ2v) is 12.8. The summed E-state index contributed by atoms with van der Waals surface area (Å²) in [6.45, 7) is 4.56. The summed E-state index contributed by atoms with van der Waals surface area (Å²) >= 11 is 0. The van der Waals surface area contributed by atoms with Gasteiger partial charge in [0.1, 0.15) is 54.7 Å². The number of carboxylic acids is 1. The molecular weight excluding hydrogens is 608 g/mol. The lowest BCUT2D eigenvalue weighted by Crippen LogP contribution is -2.60. The monoisotopic (exact) mass is 662 g/mol. The Kier molecular flexibility index (Phi) is 16.3. The Morgan fingerprint density at radius 3 is 1.85 bits per heavy atom. The molecule has 0 spiro atoms. The lowest BCUT2D eigenvalue weighted by atomic mass is 9.93. The first-order valence-corrected chi connectivity index (χ1v) is 16.7. The van der Waals surface area contributed by atoms with Crippen LogP contribution in [0.1, 0.15) is 90.4 Å². The van der Waals surface area contributed by atoms with Gasteiger partial charge in [-0.25, -0.2) is 4.79 Å². The lowest BCUT2D eigenvalue weighted by molar-refractivity contribution is -0.318. The van der Waals surface area contributed by atoms with Crippen LogP contribution >= 0.6 is 0 Å². The molecule has 0 radical (unpaired) electrons. The van der Waals surface area contributed by atoms with Crippen LogP contribution in [-0.4, -0.2) is 128 Å². The molecule has 3 aliphatic rings. The van der Waals surface area contributed by atoms with Crippen LogP contribution in [-0.2, 0) is 33.3 Å². The first kappa shape index (κ1) is 38.7. The molecule has 12 atom stereocenters. The highest BCUT2D eigenvalue weighted by atomic mass is 16.7. The van der Waals surface area contributed by atoms with Crippen molar-refractivity contribution in [3.8, 4) is 0 Å². The molecule has 0 aromatic rings. The van der Waals surface area contributed by atoms with E-state index in [9.17, 15) is 45.3 Å². The summed E-state index contributed by atoms with van der Waals surface area (Å²) in [5.41, 5.74) is 0.0357. The molecule has 0 saturated carbocycles. The van der Waals surface area contributed by atoms with E-state index < -0.39 is 85.9 Å². The molecule has 0 aromatic carbocycles.